The number of hydrogen-bond acceptors (Lipinski definition) is 3. The van der Waals surface area contributed by atoms with Gasteiger partial charge in [0, 0.05) is 26.2 Å². The van der Waals surface area contributed by atoms with Crippen LogP contribution in [0.5, 0.6) is 0 Å². The van der Waals surface area contributed by atoms with E-state index in [0.717, 1.165) is 26.2 Å². The van der Waals surface area contributed by atoms with Gasteiger partial charge in [-0.05, 0) is 19.9 Å². The van der Waals surface area contributed by atoms with Crippen molar-refractivity contribution in [2.75, 3.05) is 33.2 Å². The summed E-state index contributed by atoms with van der Waals surface area (Å²) >= 11 is 0. The Morgan fingerprint density at radius 2 is 1.76 bits per heavy atom. The zero-order valence-electron chi connectivity index (χ0n) is 10.9. The number of nitrogens with two attached hydrogens (primary N) is 1. The lowest BCUT2D eigenvalue weighted by Gasteiger charge is -2.32. The van der Waals surface area contributed by atoms with E-state index in [2.05, 4.69) is 27.4 Å². The average Bonchev–Trinajstić information content (AvgIpc) is 2.33. The molecule has 0 unspecified atom stereocenters. The number of aliphatic imine (C=N–C) groups is 1. The Kier molecular flexibility index (Phi) is 4.62. The van der Waals surface area contributed by atoms with Crippen LogP contribution in [0.3, 0.4) is 0 Å². The van der Waals surface area contributed by atoms with Gasteiger partial charge in [-0.3, -0.25) is 5.43 Å². The van der Waals surface area contributed by atoms with Gasteiger partial charge >= 0.3 is 0 Å². The molecule has 1 heterocycles. The molecule has 0 radical (unpaired) electrons. The first-order valence-electron chi connectivity index (χ1n) is 6.77. The molecule has 1 aliphatic carbocycles. The van der Waals surface area contributed by atoms with Crippen molar-refractivity contribution in [3.63, 3.8) is 0 Å². The molecule has 0 bridgehead atoms. The van der Waals surface area contributed by atoms with E-state index < -0.39 is 0 Å². The summed E-state index contributed by atoms with van der Waals surface area (Å²) in [5.41, 5.74) is 9.17. The Morgan fingerprint density at radius 3 is 2.41 bits per heavy atom. The second kappa shape index (κ2) is 6.21. The lowest BCUT2D eigenvalue weighted by Crippen LogP contribution is -2.54. The zero-order valence-corrected chi connectivity index (χ0v) is 10.9. The summed E-state index contributed by atoms with van der Waals surface area (Å²) in [5, 5.41) is 2.17. The van der Waals surface area contributed by atoms with E-state index >= 15 is 0 Å². The maximum Gasteiger partial charge on any atom is 0.203 e. The summed E-state index contributed by atoms with van der Waals surface area (Å²) in [5.74, 6) is 0.599. The van der Waals surface area contributed by atoms with Crippen molar-refractivity contribution >= 4 is 5.96 Å². The summed E-state index contributed by atoms with van der Waals surface area (Å²) in [4.78, 5) is 6.90. The van der Waals surface area contributed by atoms with Gasteiger partial charge in [-0.25, -0.2) is 10.0 Å². The monoisotopic (exact) mass is 239 g/mol. The molecule has 1 saturated heterocycles. The summed E-state index contributed by atoms with van der Waals surface area (Å²) in [6.07, 6.45) is 6.36. The normalized spacial score (nSPS) is 26.1. The molecule has 0 spiro atoms. The lowest BCUT2D eigenvalue weighted by atomic mass is 9.96. The van der Waals surface area contributed by atoms with Crippen LogP contribution in [0.15, 0.2) is 4.99 Å². The molecule has 98 valence electrons. The number of nitrogens with zero attached hydrogens (tertiary/aromatic N) is 3. The molecule has 0 aromatic rings. The first-order chi connectivity index (χ1) is 8.24. The van der Waals surface area contributed by atoms with Crippen molar-refractivity contribution in [1.82, 2.24) is 15.3 Å². The fraction of sp³-hybridized carbons (Fsp3) is 0.917. The average molecular weight is 239 g/mol. The number of hydrogen-bond donors (Lipinski definition) is 2. The van der Waals surface area contributed by atoms with Crippen LogP contribution in [0.1, 0.15) is 32.1 Å². The third kappa shape index (κ3) is 4.16. The van der Waals surface area contributed by atoms with E-state index in [-0.39, 0.29) is 0 Å². The van der Waals surface area contributed by atoms with E-state index in [1.165, 1.54) is 32.1 Å². The SMILES string of the molecule is CN1CCN(NC(N)=NC2CCCCC2)CC1. The summed E-state index contributed by atoms with van der Waals surface area (Å²) in [7, 11) is 2.15. The first kappa shape index (κ1) is 12.6. The summed E-state index contributed by atoms with van der Waals surface area (Å²) < 4.78 is 0. The lowest BCUT2D eigenvalue weighted by molar-refractivity contribution is 0.130. The fourth-order valence-electron chi connectivity index (χ4n) is 2.52. The van der Waals surface area contributed by atoms with Gasteiger partial charge in [0.15, 0.2) is 0 Å². The Bertz CT molecular complexity index is 252. The van der Waals surface area contributed by atoms with Crippen molar-refractivity contribution in [2.24, 2.45) is 10.7 Å². The number of hydrazine groups is 1. The van der Waals surface area contributed by atoms with E-state index in [1.54, 1.807) is 0 Å². The minimum atomic E-state index is 0.448. The van der Waals surface area contributed by atoms with E-state index in [1.807, 2.05) is 0 Å². The van der Waals surface area contributed by atoms with Crippen LogP contribution in [0.25, 0.3) is 0 Å². The second-order valence-corrected chi connectivity index (χ2v) is 5.21. The van der Waals surface area contributed by atoms with Gasteiger partial charge in [0.25, 0.3) is 0 Å². The van der Waals surface area contributed by atoms with E-state index in [4.69, 9.17) is 5.73 Å². The number of rotatable bonds is 2. The Balaban J connectivity index is 1.75. The molecule has 5 heteroatoms. The number of likely N-dealkylation sites (N-methyl/N-ethyl adjacent to an activating group) is 1. The Labute approximate surface area is 104 Å². The maximum absolute atomic E-state index is 5.95. The molecular formula is C12H25N5. The molecule has 0 aromatic carbocycles. The van der Waals surface area contributed by atoms with Crippen LogP contribution in [-0.4, -0.2) is 55.1 Å². The van der Waals surface area contributed by atoms with Crippen molar-refractivity contribution in [1.29, 1.82) is 0 Å². The molecule has 0 amide bonds. The Morgan fingerprint density at radius 1 is 1.12 bits per heavy atom. The third-order valence-corrected chi connectivity index (χ3v) is 3.67. The number of nitrogens with one attached hydrogen (secondary N) is 1. The van der Waals surface area contributed by atoms with Gasteiger partial charge in [0.2, 0.25) is 5.96 Å². The number of piperazine rings is 1. The van der Waals surface area contributed by atoms with E-state index in [9.17, 15) is 0 Å². The largest absolute Gasteiger partial charge is 0.369 e. The molecule has 1 aliphatic heterocycles. The highest BCUT2D eigenvalue weighted by atomic mass is 15.6. The van der Waals surface area contributed by atoms with E-state index in [0.29, 0.717) is 12.0 Å². The molecule has 5 nitrogen and oxygen atoms in total. The molecular weight excluding hydrogens is 214 g/mol. The number of guanidine groups is 1. The van der Waals surface area contributed by atoms with Crippen LogP contribution in [0.2, 0.25) is 0 Å². The molecule has 2 rings (SSSR count). The third-order valence-electron chi connectivity index (χ3n) is 3.67. The molecule has 3 N–H and O–H groups in total. The van der Waals surface area contributed by atoms with Crippen molar-refractivity contribution < 1.29 is 0 Å². The summed E-state index contributed by atoms with van der Waals surface area (Å²) in [6.45, 7) is 4.20. The fourth-order valence-corrected chi connectivity index (χ4v) is 2.52. The predicted molar refractivity (Wildman–Crippen MR) is 70.7 cm³/mol. The van der Waals surface area contributed by atoms with Gasteiger partial charge in [-0.15, -0.1) is 0 Å². The van der Waals surface area contributed by atoms with Crippen molar-refractivity contribution in [2.45, 2.75) is 38.1 Å². The highest BCUT2D eigenvalue weighted by Crippen LogP contribution is 2.19. The minimum absolute atomic E-state index is 0.448. The van der Waals surface area contributed by atoms with Gasteiger partial charge in [0.1, 0.15) is 0 Å². The Hall–Kier alpha value is -0.810. The van der Waals surface area contributed by atoms with Crippen LogP contribution in [0, 0.1) is 0 Å². The predicted octanol–water partition coefficient (Wildman–Crippen LogP) is 0.386. The van der Waals surface area contributed by atoms with Crippen LogP contribution in [-0.2, 0) is 0 Å². The van der Waals surface area contributed by atoms with Crippen LogP contribution < -0.4 is 11.2 Å². The zero-order chi connectivity index (χ0) is 12.1. The second-order valence-electron chi connectivity index (χ2n) is 5.21. The maximum atomic E-state index is 5.95. The summed E-state index contributed by atoms with van der Waals surface area (Å²) in [6, 6.07) is 0.448. The van der Waals surface area contributed by atoms with Crippen LogP contribution >= 0.6 is 0 Å². The van der Waals surface area contributed by atoms with Gasteiger partial charge in [0.05, 0.1) is 6.04 Å². The molecule has 2 aliphatic rings. The molecule has 17 heavy (non-hydrogen) atoms. The first-order valence-corrected chi connectivity index (χ1v) is 6.77. The highest BCUT2D eigenvalue weighted by molar-refractivity contribution is 5.77. The van der Waals surface area contributed by atoms with Gasteiger partial charge in [-0.2, -0.15) is 0 Å². The minimum Gasteiger partial charge on any atom is -0.369 e. The molecule has 1 saturated carbocycles. The van der Waals surface area contributed by atoms with Gasteiger partial charge in [-0.1, -0.05) is 19.3 Å². The van der Waals surface area contributed by atoms with Crippen molar-refractivity contribution in [3.8, 4) is 0 Å². The molecule has 2 fully saturated rings. The molecule has 0 atom stereocenters. The molecule has 0 aromatic heterocycles. The highest BCUT2D eigenvalue weighted by Gasteiger charge is 2.15. The smallest absolute Gasteiger partial charge is 0.203 e. The quantitative estimate of drug-likeness (QED) is 0.540. The van der Waals surface area contributed by atoms with Crippen molar-refractivity contribution in [3.05, 3.63) is 0 Å². The van der Waals surface area contributed by atoms with Gasteiger partial charge < -0.3 is 10.6 Å². The van der Waals surface area contributed by atoms with Crippen LogP contribution in [0.4, 0.5) is 0 Å². The standard InChI is InChI=1S/C12H25N5/c1-16-7-9-17(10-8-16)15-12(13)14-11-5-3-2-4-6-11/h11H,2-10H2,1H3,(H3,13,14,15). The topological polar surface area (TPSA) is 56.9 Å².